The summed E-state index contributed by atoms with van der Waals surface area (Å²) in [4.78, 5) is 37.8. The van der Waals surface area contributed by atoms with Gasteiger partial charge in [0.15, 0.2) is 6.10 Å². The van der Waals surface area contributed by atoms with Crippen molar-refractivity contribution in [2.45, 2.75) is 13.0 Å². The number of rotatable bonds is 5. The van der Waals surface area contributed by atoms with Crippen LogP contribution >= 0.6 is 11.6 Å². The molecule has 0 radical (unpaired) electrons. The van der Waals surface area contributed by atoms with Gasteiger partial charge in [0.25, 0.3) is 11.6 Å². The number of pyridine rings is 1. The Morgan fingerprint density at radius 1 is 1.25 bits per heavy atom. The van der Waals surface area contributed by atoms with Crippen LogP contribution in [-0.4, -0.2) is 27.9 Å². The number of nitrogens with one attached hydrogen (secondary N) is 1. The fourth-order valence-electron chi connectivity index (χ4n) is 1.68. The van der Waals surface area contributed by atoms with Crippen molar-refractivity contribution in [3.05, 3.63) is 63.3 Å². The van der Waals surface area contributed by atoms with Crippen molar-refractivity contribution in [3.63, 3.8) is 0 Å². The van der Waals surface area contributed by atoms with E-state index in [1.54, 1.807) is 6.07 Å². The van der Waals surface area contributed by atoms with Crippen molar-refractivity contribution in [3.8, 4) is 0 Å². The van der Waals surface area contributed by atoms with E-state index in [1.165, 1.54) is 43.5 Å². The average Bonchev–Trinajstić information content (AvgIpc) is 2.56. The molecule has 1 aromatic carbocycles. The summed E-state index contributed by atoms with van der Waals surface area (Å²) in [6.07, 6.45) is 0.287. The van der Waals surface area contributed by atoms with Crippen molar-refractivity contribution in [2.24, 2.45) is 0 Å². The summed E-state index contributed by atoms with van der Waals surface area (Å²) in [5.74, 6) is -1.07. The van der Waals surface area contributed by atoms with E-state index in [0.29, 0.717) is 5.02 Å². The number of nitro groups is 1. The van der Waals surface area contributed by atoms with Crippen molar-refractivity contribution in [1.29, 1.82) is 0 Å². The van der Waals surface area contributed by atoms with Gasteiger partial charge in [-0.3, -0.25) is 14.9 Å². The molecule has 0 spiro atoms. The van der Waals surface area contributed by atoms with Crippen LogP contribution in [0.25, 0.3) is 0 Å². The first-order chi connectivity index (χ1) is 11.4. The molecule has 1 amide bonds. The Bertz CT molecular complexity index is 762. The fourth-order valence-corrected chi connectivity index (χ4v) is 1.79. The Morgan fingerprint density at radius 2 is 1.92 bits per heavy atom. The number of anilines is 1. The number of halogens is 1. The van der Waals surface area contributed by atoms with Crippen LogP contribution in [0.4, 0.5) is 11.5 Å². The highest BCUT2D eigenvalue weighted by molar-refractivity contribution is 6.30. The normalized spacial score (nSPS) is 11.4. The molecule has 1 aromatic heterocycles. The van der Waals surface area contributed by atoms with Gasteiger partial charge in [-0.25, -0.2) is 9.78 Å². The number of carbonyl (C=O) groups is 2. The number of aromatic nitrogens is 1. The van der Waals surface area contributed by atoms with Gasteiger partial charge in [0, 0.05) is 18.3 Å². The summed E-state index contributed by atoms with van der Waals surface area (Å²) in [5, 5.41) is 13.5. The number of non-ortho nitro benzene ring substituents is 1. The number of hydrogen-bond donors (Lipinski definition) is 1. The maximum absolute atomic E-state index is 12.0. The van der Waals surface area contributed by atoms with Crippen LogP contribution < -0.4 is 5.32 Å². The Hall–Kier alpha value is -3.00. The molecule has 2 aromatic rings. The molecule has 1 heterocycles. The van der Waals surface area contributed by atoms with Crippen molar-refractivity contribution < 1.29 is 19.2 Å². The molecule has 0 fully saturated rings. The third-order valence-corrected chi connectivity index (χ3v) is 3.17. The zero-order chi connectivity index (χ0) is 17.7. The van der Waals surface area contributed by atoms with Crippen molar-refractivity contribution in [1.82, 2.24) is 4.98 Å². The number of hydrogen-bond acceptors (Lipinski definition) is 6. The minimum atomic E-state index is -1.08. The minimum Gasteiger partial charge on any atom is -0.449 e. The highest BCUT2D eigenvalue weighted by Gasteiger charge is 2.20. The monoisotopic (exact) mass is 349 g/mol. The molecule has 0 unspecified atom stereocenters. The molecule has 1 atom stereocenters. The number of nitro benzene ring substituents is 1. The summed E-state index contributed by atoms with van der Waals surface area (Å²) in [7, 11) is 0. The van der Waals surface area contributed by atoms with Gasteiger partial charge in [-0.15, -0.1) is 0 Å². The number of nitrogens with zero attached hydrogens (tertiary/aromatic N) is 2. The molecule has 0 saturated heterocycles. The fraction of sp³-hybridized carbons (Fsp3) is 0.133. The molecule has 8 nitrogen and oxygen atoms in total. The van der Waals surface area contributed by atoms with Crippen LogP contribution in [0.15, 0.2) is 42.6 Å². The second-order valence-electron chi connectivity index (χ2n) is 4.70. The number of benzene rings is 1. The SMILES string of the molecule is C[C@H](OC(=O)c1ccc([N+](=O)[O-])cc1)C(=O)Nc1ccc(Cl)cn1. The summed E-state index contributed by atoms with van der Waals surface area (Å²) >= 11 is 5.69. The third-order valence-electron chi connectivity index (χ3n) is 2.95. The minimum absolute atomic E-state index is 0.102. The zero-order valence-corrected chi connectivity index (χ0v) is 13.2. The van der Waals surface area contributed by atoms with Gasteiger partial charge in [-0.05, 0) is 31.2 Å². The largest absolute Gasteiger partial charge is 0.449 e. The van der Waals surface area contributed by atoms with E-state index in [4.69, 9.17) is 16.3 Å². The van der Waals surface area contributed by atoms with Gasteiger partial charge in [0.2, 0.25) is 0 Å². The predicted octanol–water partition coefficient (Wildman–Crippen LogP) is 2.83. The van der Waals surface area contributed by atoms with Gasteiger partial charge in [0.05, 0.1) is 15.5 Å². The Kier molecular flexibility index (Phi) is 5.43. The molecule has 0 saturated carbocycles. The van der Waals surface area contributed by atoms with E-state index in [1.807, 2.05) is 0 Å². The summed E-state index contributed by atoms with van der Waals surface area (Å²) in [6, 6.07) is 7.93. The maximum Gasteiger partial charge on any atom is 0.338 e. The van der Waals surface area contributed by atoms with E-state index in [0.717, 1.165) is 0 Å². The van der Waals surface area contributed by atoms with Gasteiger partial charge < -0.3 is 10.1 Å². The van der Waals surface area contributed by atoms with Crippen molar-refractivity contribution >= 4 is 35.0 Å². The topological polar surface area (TPSA) is 111 Å². The van der Waals surface area contributed by atoms with Crippen LogP contribution in [0.2, 0.25) is 5.02 Å². The molecule has 1 N–H and O–H groups in total. The molecule has 0 aliphatic carbocycles. The van der Waals surface area contributed by atoms with E-state index < -0.39 is 22.9 Å². The first-order valence-electron chi connectivity index (χ1n) is 6.74. The van der Waals surface area contributed by atoms with Crippen LogP contribution in [0.3, 0.4) is 0 Å². The number of amides is 1. The molecular formula is C15H12ClN3O5. The van der Waals surface area contributed by atoms with E-state index in [-0.39, 0.29) is 17.1 Å². The van der Waals surface area contributed by atoms with Gasteiger partial charge in [-0.1, -0.05) is 11.6 Å². The van der Waals surface area contributed by atoms with Gasteiger partial charge in [0.1, 0.15) is 5.82 Å². The molecule has 0 aliphatic heterocycles. The molecule has 0 aliphatic rings. The van der Waals surface area contributed by atoms with Crippen LogP contribution in [0.1, 0.15) is 17.3 Å². The second-order valence-corrected chi connectivity index (χ2v) is 5.14. The number of esters is 1. The number of carbonyl (C=O) groups excluding carboxylic acids is 2. The molecule has 9 heteroatoms. The van der Waals surface area contributed by atoms with Crippen LogP contribution in [0.5, 0.6) is 0 Å². The molecule has 24 heavy (non-hydrogen) atoms. The van der Waals surface area contributed by atoms with Gasteiger partial charge in [-0.2, -0.15) is 0 Å². The lowest BCUT2D eigenvalue weighted by Gasteiger charge is -2.13. The van der Waals surface area contributed by atoms with E-state index in [9.17, 15) is 19.7 Å². The Balaban J connectivity index is 1.96. The van der Waals surface area contributed by atoms with E-state index in [2.05, 4.69) is 10.3 Å². The Morgan fingerprint density at radius 3 is 2.46 bits per heavy atom. The van der Waals surface area contributed by atoms with Crippen LogP contribution in [-0.2, 0) is 9.53 Å². The predicted molar refractivity (Wildman–Crippen MR) is 85.9 cm³/mol. The third kappa shape index (κ3) is 4.50. The zero-order valence-electron chi connectivity index (χ0n) is 12.4. The number of ether oxygens (including phenoxy) is 1. The van der Waals surface area contributed by atoms with E-state index >= 15 is 0 Å². The van der Waals surface area contributed by atoms with Crippen LogP contribution in [0, 0.1) is 10.1 Å². The first kappa shape index (κ1) is 17.4. The molecule has 2 rings (SSSR count). The smallest absolute Gasteiger partial charge is 0.338 e. The molecule has 124 valence electrons. The molecular weight excluding hydrogens is 338 g/mol. The average molecular weight is 350 g/mol. The molecule has 0 bridgehead atoms. The van der Waals surface area contributed by atoms with Crippen molar-refractivity contribution in [2.75, 3.05) is 5.32 Å². The lowest BCUT2D eigenvalue weighted by atomic mass is 10.2. The highest BCUT2D eigenvalue weighted by Crippen LogP contribution is 2.14. The second kappa shape index (κ2) is 7.51. The summed E-state index contributed by atoms with van der Waals surface area (Å²) in [6.45, 7) is 1.40. The first-order valence-corrected chi connectivity index (χ1v) is 7.12. The summed E-state index contributed by atoms with van der Waals surface area (Å²) < 4.78 is 5.02. The lowest BCUT2D eigenvalue weighted by molar-refractivity contribution is -0.384. The maximum atomic E-state index is 12.0. The highest BCUT2D eigenvalue weighted by atomic mass is 35.5. The standard InChI is InChI=1S/C15H12ClN3O5/c1-9(14(20)18-13-7-4-11(16)8-17-13)24-15(21)10-2-5-12(6-3-10)19(22)23/h2-9H,1H3,(H,17,18,20)/t9-/m0/s1. The lowest BCUT2D eigenvalue weighted by Crippen LogP contribution is -2.30. The quantitative estimate of drug-likeness (QED) is 0.504. The summed E-state index contributed by atoms with van der Waals surface area (Å²) in [5.41, 5.74) is -0.0453. The van der Waals surface area contributed by atoms with Gasteiger partial charge >= 0.3 is 5.97 Å². The Labute approximate surface area is 141 Å².